The zero-order valence-corrected chi connectivity index (χ0v) is 12.9. The summed E-state index contributed by atoms with van der Waals surface area (Å²) in [6, 6.07) is 5.18. The Bertz CT molecular complexity index is 651. The van der Waals surface area contributed by atoms with Crippen molar-refractivity contribution in [1.82, 2.24) is 14.9 Å². The van der Waals surface area contributed by atoms with E-state index in [0.29, 0.717) is 34.2 Å². The highest BCUT2D eigenvalue weighted by Crippen LogP contribution is 2.14. The molecule has 0 spiro atoms. The summed E-state index contributed by atoms with van der Waals surface area (Å²) in [7, 11) is 2.04. The SMILES string of the molecule is CC(C)CCN(C)Cc1nc2ccc(Cl)cc2c(=O)[nH]1. The second-order valence-corrected chi connectivity index (χ2v) is 6.03. The first-order valence-corrected chi connectivity index (χ1v) is 7.20. The molecule has 1 heterocycles. The van der Waals surface area contributed by atoms with E-state index in [2.05, 4.69) is 28.7 Å². The van der Waals surface area contributed by atoms with Crippen LogP contribution in [0.2, 0.25) is 5.02 Å². The van der Waals surface area contributed by atoms with Crippen molar-refractivity contribution in [2.24, 2.45) is 5.92 Å². The van der Waals surface area contributed by atoms with E-state index in [1.807, 2.05) is 7.05 Å². The number of nitrogens with one attached hydrogen (secondary N) is 1. The number of aromatic amines is 1. The van der Waals surface area contributed by atoms with Gasteiger partial charge >= 0.3 is 0 Å². The van der Waals surface area contributed by atoms with Crippen molar-refractivity contribution >= 4 is 22.5 Å². The Morgan fingerprint density at radius 2 is 2.15 bits per heavy atom. The summed E-state index contributed by atoms with van der Waals surface area (Å²) in [6.07, 6.45) is 1.13. The minimum atomic E-state index is -0.134. The van der Waals surface area contributed by atoms with Crippen LogP contribution in [0.25, 0.3) is 10.9 Å². The molecule has 0 aliphatic rings. The Hall–Kier alpha value is -1.39. The molecule has 0 amide bonds. The van der Waals surface area contributed by atoms with Crippen LogP contribution in [0.3, 0.4) is 0 Å². The fourth-order valence-corrected chi connectivity index (χ4v) is 2.22. The molecule has 0 atom stereocenters. The molecule has 1 N–H and O–H groups in total. The summed E-state index contributed by atoms with van der Waals surface area (Å²) in [5.74, 6) is 1.36. The second kappa shape index (κ2) is 6.37. The number of hydrogen-bond donors (Lipinski definition) is 1. The van der Waals surface area contributed by atoms with Crippen molar-refractivity contribution < 1.29 is 0 Å². The van der Waals surface area contributed by atoms with E-state index in [0.717, 1.165) is 13.0 Å². The van der Waals surface area contributed by atoms with Crippen LogP contribution in [0.4, 0.5) is 0 Å². The minimum Gasteiger partial charge on any atom is -0.309 e. The van der Waals surface area contributed by atoms with Crippen molar-refractivity contribution in [1.29, 1.82) is 0 Å². The van der Waals surface area contributed by atoms with Gasteiger partial charge in [0, 0.05) is 5.02 Å². The molecule has 0 bridgehead atoms. The Balaban J connectivity index is 2.19. The molecule has 5 heteroatoms. The van der Waals surface area contributed by atoms with Crippen LogP contribution in [0.5, 0.6) is 0 Å². The van der Waals surface area contributed by atoms with Crippen molar-refractivity contribution in [2.45, 2.75) is 26.8 Å². The molecule has 0 aliphatic heterocycles. The monoisotopic (exact) mass is 293 g/mol. The van der Waals surface area contributed by atoms with Gasteiger partial charge in [0.2, 0.25) is 0 Å². The van der Waals surface area contributed by atoms with E-state index >= 15 is 0 Å². The van der Waals surface area contributed by atoms with Crippen molar-refractivity contribution in [2.75, 3.05) is 13.6 Å². The van der Waals surface area contributed by atoms with Gasteiger partial charge in [0.25, 0.3) is 5.56 Å². The third kappa shape index (κ3) is 3.81. The quantitative estimate of drug-likeness (QED) is 0.922. The molecule has 1 aromatic heterocycles. The Morgan fingerprint density at radius 1 is 1.40 bits per heavy atom. The summed E-state index contributed by atoms with van der Waals surface area (Å²) in [4.78, 5) is 21.5. The summed E-state index contributed by atoms with van der Waals surface area (Å²) in [5, 5.41) is 1.08. The van der Waals surface area contributed by atoms with Gasteiger partial charge in [-0.05, 0) is 44.1 Å². The first-order valence-electron chi connectivity index (χ1n) is 6.82. The van der Waals surface area contributed by atoms with Crippen molar-refractivity contribution in [3.05, 3.63) is 39.4 Å². The summed E-state index contributed by atoms with van der Waals surface area (Å²) < 4.78 is 0. The molecule has 0 fully saturated rings. The molecular formula is C15H20ClN3O. The Morgan fingerprint density at radius 3 is 2.85 bits per heavy atom. The van der Waals surface area contributed by atoms with E-state index in [-0.39, 0.29) is 5.56 Å². The fourth-order valence-electron chi connectivity index (χ4n) is 2.05. The lowest BCUT2D eigenvalue weighted by Crippen LogP contribution is -2.23. The number of fused-ring (bicyclic) bond motifs is 1. The van der Waals surface area contributed by atoms with Crippen LogP contribution < -0.4 is 5.56 Å². The molecule has 0 radical (unpaired) electrons. The van der Waals surface area contributed by atoms with Crippen molar-refractivity contribution in [3.63, 3.8) is 0 Å². The lowest BCUT2D eigenvalue weighted by atomic mass is 10.1. The maximum absolute atomic E-state index is 12.0. The molecule has 4 nitrogen and oxygen atoms in total. The number of benzene rings is 1. The number of rotatable bonds is 5. The molecule has 20 heavy (non-hydrogen) atoms. The Labute approximate surface area is 123 Å². The number of H-pyrrole nitrogens is 1. The molecule has 1 aromatic carbocycles. The van der Waals surface area contributed by atoms with E-state index in [1.54, 1.807) is 18.2 Å². The maximum Gasteiger partial charge on any atom is 0.258 e. The van der Waals surface area contributed by atoms with Gasteiger partial charge < -0.3 is 4.98 Å². The van der Waals surface area contributed by atoms with E-state index < -0.39 is 0 Å². The molecule has 0 aliphatic carbocycles. The van der Waals surface area contributed by atoms with Crippen LogP contribution in [0.15, 0.2) is 23.0 Å². The molecule has 0 unspecified atom stereocenters. The second-order valence-electron chi connectivity index (χ2n) is 5.59. The number of nitrogens with zero attached hydrogens (tertiary/aromatic N) is 2. The van der Waals surface area contributed by atoms with Gasteiger partial charge in [-0.25, -0.2) is 4.98 Å². The van der Waals surface area contributed by atoms with Crippen molar-refractivity contribution in [3.8, 4) is 0 Å². The average molecular weight is 294 g/mol. The maximum atomic E-state index is 12.0. The van der Waals surface area contributed by atoms with Gasteiger partial charge in [0.15, 0.2) is 0 Å². The molecule has 2 rings (SSSR count). The number of aromatic nitrogens is 2. The molecule has 2 aromatic rings. The average Bonchev–Trinajstić information content (AvgIpc) is 2.37. The largest absolute Gasteiger partial charge is 0.309 e. The van der Waals surface area contributed by atoms with Crippen LogP contribution in [0.1, 0.15) is 26.1 Å². The molecule has 0 saturated heterocycles. The van der Waals surface area contributed by atoms with Gasteiger partial charge in [-0.3, -0.25) is 9.69 Å². The zero-order valence-electron chi connectivity index (χ0n) is 12.1. The normalized spacial score (nSPS) is 11.7. The zero-order chi connectivity index (χ0) is 14.7. The molecular weight excluding hydrogens is 274 g/mol. The Kier molecular flexibility index (Phi) is 4.78. The minimum absolute atomic E-state index is 0.134. The number of hydrogen-bond acceptors (Lipinski definition) is 3. The van der Waals surface area contributed by atoms with Crippen LogP contribution in [-0.2, 0) is 6.54 Å². The standard InChI is InChI=1S/C15H20ClN3O/c1-10(2)6-7-19(3)9-14-17-13-5-4-11(16)8-12(13)15(20)18-14/h4-5,8,10H,6-7,9H2,1-3H3,(H,17,18,20). The van der Waals surface area contributed by atoms with Crippen LogP contribution in [0, 0.1) is 5.92 Å². The highest BCUT2D eigenvalue weighted by molar-refractivity contribution is 6.31. The fraction of sp³-hybridized carbons (Fsp3) is 0.467. The van der Waals surface area contributed by atoms with Gasteiger partial charge in [0.05, 0.1) is 17.4 Å². The number of halogens is 1. The molecule has 0 saturated carbocycles. The van der Waals surface area contributed by atoms with Gasteiger partial charge in [-0.2, -0.15) is 0 Å². The topological polar surface area (TPSA) is 49.0 Å². The first kappa shape index (κ1) is 15.0. The third-order valence-electron chi connectivity index (χ3n) is 3.22. The summed E-state index contributed by atoms with van der Waals surface area (Å²) in [5.41, 5.74) is 0.551. The van der Waals surface area contributed by atoms with Gasteiger partial charge in [-0.1, -0.05) is 25.4 Å². The van der Waals surface area contributed by atoms with E-state index in [4.69, 9.17) is 11.6 Å². The van der Waals surface area contributed by atoms with E-state index in [9.17, 15) is 4.79 Å². The van der Waals surface area contributed by atoms with E-state index in [1.165, 1.54) is 0 Å². The summed E-state index contributed by atoms with van der Waals surface area (Å²) in [6.45, 7) is 6.03. The predicted molar refractivity (Wildman–Crippen MR) is 83.2 cm³/mol. The summed E-state index contributed by atoms with van der Waals surface area (Å²) >= 11 is 5.90. The lowest BCUT2D eigenvalue weighted by Gasteiger charge is -2.17. The smallest absolute Gasteiger partial charge is 0.258 e. The van der Waals surface area contributed by atoms with Gasteiger partial charge in [0.1, 0.15) is 5.82 Å². The predicted octanol–water partition coefficient (Wildman–Crippen LogP) is 3.05. The molecule has 108 valence electrons. The van der Waals surface area contributed by atoms with Gasteiger partial charge in [-0.15, -0.1) is 0 Å². The van der Waals surface area contributed by atoms with Crippen LogP contribution >= 0.6 is 11.6 Å². The lowest BCUT2D eigenvalue weighted by molar-refractivity contribution is 0.296. The van der Waals surface area contributed by atoms with Crippen LogP contribution in [-0.4, -0.2) is 28.5 Å². The highest BCUT2D eigenvalue weighted by atomic mass is 35.5. The third-order valence-corrected chi connectivity index (χ3v) is 3.46. The first-order chi connectivity index (χ1) is 9.45. The highest BCUT2D eigenvalue weighted by Gasteiger charge is 2.07.